The van der Waals surface area contributed by atoms with Crippen LogP contribution in [0.15, 0.2) is 42.5 Å². The van der Waals surface area contributed by atoms with Gasteiger partial charge in [0.2, 0.25) is 5.91 Å². The molecule has 3 N–H and O–H groups in total. The SMILES string of the molecule is CCCNC(=O)c1cccc(NC(=O)CNc2cc(C)ccc2C)c1. The van der Waals surface area contributed by atoms with Gasteiger partial charge in [-0.05, 0) is 55.7 Å². The number of carbonyl (C=O) groups is 2. The van der Waals surface area contributed by atoms with Crippen LogP contribution in [-0.4, -0.2) is 24.9 Å². The first-order valence-electron chi connectivity index (χ1n) is 8.49. The van der Waals surface area contributed by atoms with E-state index >= 15 is 0 Å². The maximum Gasteiger partial charge on any atom is 0.251 e. The number of rotatable bonds is 7. The number of nitrogens with one attached hydrogen (secondary N) is 3. The molecule has 25 heavy (non-hydrogen) atoms. The molecule has 0 aromatic heterocycles. The van der Waals surface area contributed by atoms with Crippen molar-refractivity contribution >= 4 is 23.2 Å². The molecular formula is C20H25N3O2. The zero-order chi connectivity index (χ0) is 18.2. The summed E-state index contributed by atoms with van der Waals surface area (Å²) in [4.78, 5) is 24.1. The van der Waals surface area contributed by atoms with E-state index in [1.165, 1.54) is 0 Å². The van der Waals surface area contributed by atoms with E-state index in [2.05, 4.69) is 16.0 Å². The molecule has 0 heterocycles. The predicted molar refractivity (Wildman–Crippen MR) is 102 cm³/mol. The van der Waals surface area contributed by atoms with Crippen molar-refractivity contribution in [1.29, 1.82) is 0 Å². The number of amides is 2. The van der Waals surface area contributed by atoms with Crippen LogP contribution in [0.3, 0.4) is 0 Å². The Kier molecular flexibility index (Phi) is 6.57. The van der Waals surface area contributed by atoms with Crippen molar-refractivity contribution in [2.45, 2.75) is 27.2 Å². The average Bonchev–Trinajstić information content (AvgIpc) is 2.60. The van der Waals surface area contributed by atoms with E-state index in [0.717, 1.165) is 23.2 Å². The zero-order valence-electron chi connectivity index (χ0n) is 15.0. The summed E-state index contributed by atoms with van der Waals surface area (Å²) >= 11 is 0. The molecule has 0 fully saturated rings. The Morgan fingerprint density at radius 1 is 1.04 bits per heavy atom. The average molecular weight is 339 g/mol. The molecule has 0 aliphatic rings. The molecule has 0 saturated heterocycles. The lowest BCUT2D eigenvalue weighted by Crippen LogP contribution is -2.25. The maximum absolute atomic E-state index is 12.2. The molecular weight excluding hydrogens is 314 g/mol. The summed E-state index contributed by atoms with van der Waals surface area (Å²) in [5.41, 5.74) is 4.32. The van der Waals surface area contributed by atoms with Crippen LogP contribution in [0.5, 0.6) is 0 Å². The Labute approximate surface area is 148 Å². The highest BCUT2D eigenvalue weighted by Gasteiger charge is 2.08. The standard InChI is InChI=1S/C20H25N3O2/c1-4-10-21-20(25)16-6-5-7-17(12-16)23-19(24)13-22-18-11-14(2)8-9-15(18)3/h5-9,11-12,22H,4,10,13H2,1-3H3,(H,21,25)(H,23,24). The van der Waals surface area contributed by atoms with Crippen molar-refractivity contribution in [3.63, 3.8) is 0 Å². The number of benzene rings is 2. The van der Waals surface area contributed by atoms with Crippen molar-refractivity contribution < 1.29 is 9.59 Å². The second kappa shape index (κ2) is 8.87. The van der Waals surface area contributed by atoms with E-state index in [4.69, 9.17) is 0 Å². The minimum absolute atomic E-state index is 0.133. The first-order valence-corrected chi connectivity index (χ1v) is 8.49. The molecule has 2 rings (SSSR count). The Hall–Kier alpha value is -2.82. The summed E-state index contributed by atoms with van der Waals surface area (Å²) in [6.45, 7) is 6.81. The molecule has 132 valence electrons. The fourth-order valence-corrected chi connectivity index (χ4v) is 2.39. The summed E-state index contributed by atoms with van der Waals surface area (Å²) in [5, 5.41) is 8.79. The number of anilines is 2. The summed E-state index contributed by atoms with van der Waals surface area (Å²) in [5.74, 6) is -0.293. The lowest BCUT2D eigenvalue weighted by atomic mass is 10.1. The Balaban J connectivity index is 1.94. The lowest BCUT2D eigenvalue weighted by Gasteiger charge is -2.11. The van der Waals surface area contributed by atoms with Gasteiger partial charge in [0, 0.05) is 23.5 Å². The highest BCUT2D eigenvalue weighted by atomic mass is 16.2. The number of hydrogen-bond acceptors (Lipinski definition) is 3. The van der Waals surface area contributed by atoms with Crippen LogP contribution in [0.4, 0.5) is 11.4 Å². The van der Waals surface area contributed by atoms with Gasteiger partial charge in [-0.25, -0.2) is 0 Å². The molecule has 0 aliphatic carbocycles. The summed E-state index contributed by atoms with van der Waals surface area (Å²) in [6, 6.07) is 13.0. The fraction of sp³-hybridized carbons (Fsp3) is 0.300. The van der Waals surface area contributed by atoms with E-state index < -0.39 is 0 Å². The topological polar surface area (TPSA) is 70.2 Å². The first-order chi connectivity index (χ1) is 12.0. The van der Waals surface area contributed by atoms with Crippen molar-refractivity contribution in [2.24, 2.45) is 0 Å². The predicted octanol–water partition coefficient (Wildman–Crippen LogP) is 3.49. The second-order valence-electron chi connectivity index (χ2n) is 6.06. The van der Waals surface area contributed by atoms with Crippen molar-refractivity contribution in [1.82, 2.24) is 5.32 Å². The Morgan fingerprint density at radius 3 is 2.60 bits per heavy atom. The van der Waals surface area contributed by atoms with Gasteiger partial charge in [0.05, 0.1) is 6.54 Å². The molecule has 0 aliphatic heterocycles. The minimum Gasteiger partial charge on any atom is -0.376 e. The van der Waals surface area contributed by atoms with Crippen LogP contribution in [0.1, 0.15) is 34.8 Å². The first kappa shape index (κ1) is 18.5. The minimum atomic E-state index is -0.160. The van der Waals surface area contributed by atoms with E-state index in [1.807, 2.05) is 39.0 Å². The largest absolute Gasteiger partial charge is 0.376 e. The third-order valence-electron chi connectivity index (χ3n) is 3.78. The van der Waals surface area contributed by atoms with Gasteiger partial charge >= 0.3 is 0 Å². The van der Waals surface area contributed by atoms with Gasteiger partial charge < -0.3 is 16.0 Å². The Morgan fingerprint density at radius 2 is 1.84 bits per heavy atom. The molecule has 0 radical (unpaired) electrons. The van der Waals surface area contributed by atoms with Crippen molar-refractivity contribution in [3.8, 4) is 0 Å². The molecule has 0 atom stereocenters. The highest BCUT2D eigenvalue weighted by molar-refractivity contribution is 5.98. The number of carbonyl (C=O) groups excluding carboxylic acids is 2. The van der Waals surface area contributed by atoms with E-state index in [-0.39, 0.29) is 18.4 Å². The quantitative estimate of drug-likeness (QED) is 0.723. The third kappa shape index (κ3) is 5.64. The van der Waals surface area contributed by atoms with Crippen molar-refractivity contribution in [2.75, 3.05) is 23.7 Å². The zero-order valence-corrected chi connectivity index (χ0v) is 15.0. The molecule has 2 amide bonds. The van der Waals surface area contributed by atoms with Crippen LogP contribution in [0.2, 0.25) is 0 Å². The van der Waals surface area contributed by atoms with Crippen LogP contribution in [-0.2, 0) is 4.79 Å². The number of aryl methyl sites for hydroxylation is 2. The summed E-state index contributed by atoms with van der Waals surface area (Å²) in [6.07, 6.45) is 0.881. The monoisotopic (exact) mass is 339 g/mol. The van der Waals surface area contributed by atoms with Gasteiger partial charge in [-0.2, -0.15) is 0 Å². The second-order valence-corrected chi connectivity index (χ2v) is 6.06. The smallest absolute Gasteiger partial charge is 0.251 e. The van der Waals surface area contributed by atoms with Gasteiger partial charge in [-0.1, -0.05) is 25.1 Å². The highest BCUT2D eigenvalue weighted by Crippen LogP contribution is 2.16. The molecule has 2 aromatic rings. The molecule has 0 bridgehead atoms. The van der Waals surface area contributed by atoms with Crippen LogP contribution in [0.25, 0.3) is 0 Å². The maximum atomic E-state index is 12.2. The third-order valence-corrected chi connectivity index (χ3v) is 3.78. The van der Waals surface area contributed by atoms with E-state index in [1.54, 1.807) is 24.3 Å². The Bertz CT molecular complexity index is 756. The van der Waals surface area contributed by atoms with Gasteiger partial charge in [0.25, 0.3) is 5.91 Å². The van der Waals surface area contributed by atoms with Gasteiger partial charge in [-0.3, -0.25) is 9.59 Å². The molecule has 0 unspecified atom stereocenters. The van der Waals surface area contributed by atoms with Gasteiger partial charge in [0.15, 0.2) is 0 Å². The molecule has 0 spiro atoms. The van der Waals surface area contributed by atoms with Crippen LogP contribution >= 0.6 is 0 Å². The van der Waals surface area contributed by atoms with Crippen LogP contribution in [0, 0.1) is 13.8 Å². The molecule has 5 heteroatoms. The summed E-state index contributed by atoms with van der Waals surface area (Å²) in [7, 11) is 0. The van der Waals surface area contributed by atoms with E-state index in [0.29, 0.717) is 17.8 Å². The normalized spacial score (nSPS) is 10.2. The van der Waals surface area contributed by atoms with Gasteiger partial charge in [0.1, 0.15) is 0 Å². The number of hydrogen-bond donors (Lipinski definition) is 3. The van der Waals surface area contributed by atoms with Crippen molar-refractivity contribution in [3.05, 3.63) is 59.2 Å². The molecule has 0 saturated carbocycles. The van der Waals surface area contributed by atoms with Gasteiger partial charge in [-0.15, -0.1) is 0 Å². The fourth-order valence-electron chi connectivity index (χ4n) is 2.39. The summed E-state index contributed by atoms with van der Waals surface area (Å²) < 4.78 is 0. The molecule has 5 nitrogen and oxygen atoms in total. The lowest BCUT2D eigenvalue weighted by molar-refractivity contribution is -0.114. The molecule has 2 aromatic carbocycles. The van der Waals surface area contributed by atoms with Crippen LogP contribution < -0.4 is 16.0 Å². The van der Waals surface area contributed by atoms with E-state index in [9.17, 15) is 9.59 Å².